The van der Waals surface area contributed by atoms with Gasteiger partial charge in [0, 0.05) is 5.02 Å². The average molecular weight is 284 g/mol. The Labute approximate surface area is 123 Å². The van der Waals surface area contributed by atoms with Gasteiger partial charge in [-0.15, -0.1) is 0 Å². The highest BCUT2D eigenvalue weighted by Crippen LogP contribution is 2.37. The molecule has 2 aromatic carbocycles. The summed E-state index contributed by atoms with van der Waals surface area (Å²) in [5, 5.41) is 10.4. The van der Waals surface area contributed by atoms with Crippen LogP contribution in [-0.4, -0.2) is 6.61 Å². The van der Waals surface area contributed by atoms with E-state index in [1.807, 2.05) is 48.5 Å². The van der Waals surface area contributed by atoms with E-state index in [-0.39, 0.29) is 0 Å². The second-order valence-electron chi connectivity index (χ2n) is 5.23. The molecular weight excluding hydrogens is 270 g/mol. The monoisotopic (exact) mass is 283 g/mol. The first-order valence-electron chi connectivity index (χ1n) is 6.58. The fourth-order valence-electron chi connectivity index (χ4n) is 2.65. The summed E-state index contributed by atoms with van der Waals surface area (Å²) in [6, 6.07) is 18.0. The van der Waals surface area contributed by atoms with Crippen LogP contribution in [0, 0.1) is 16.7 Å². The molecule has 0 radical (unpaired) electrons. The number of nitriles is 1. The maximum atomic E-state index is 9.65. The van der Waals surface area contributed by atoms with Gasteiger partial charge in [-0.25, -0.2) is 0 Å². The van der Waals surface area contributed by atoms with Gasteiger partial charge < -0.3 is 4.74 Å². The van der Waals surface area contributed by atoms with Gasteiger partial charge in [-0.2, -0.15) is 5.26 Å². The number of ether oxygens (including phenoxy) is 1. The second kappa shape index (κ2) is 5.19. The first-order valence-corrected chi connectivity index (χ1v) is 6.96. The third kappa shape index (κ3) is 2.37. The lowest BCUT2D eigenvalue weighted by atomic mass is 9.77. The molecule has 0 saturated heterocycles. The summed E-state index contributed by atoms with van der Waals surface area (Å²) < 4.78 is 5.78. The predicted octanol–water partition coefficient (Wildman–Crippen LogP) is 4.03. The zero-order chi connectivity index (χ0) is 14.0. The normalized spacial score (nSPS) is 20.6. The third-order valence-electron chi connectivity index (χ3n) is 3.73. The van der Waals surface area contributed by atoms with Crippen molar-refractivity contribution in [1.29, 1.82) is 5.26 Å². The van der Waals surface area contributed by atoms with Crippen molar-refractivity contribution in [3.05, 3.63) is 64.7 Å². The summed E-state index contributed by atoms with van der Waals surface area (Å²) in [6.45, 7) is 0.408. The van der Waals surface area contributed by atoms with Crippen molar-refractivity contribution in [1.82, 2.24) is 0 Å². The standard InChI is InChI=1S/C17H14ClNO/c18-15-7-3-1-5-13(15)9-17(11-19)10-14-6-2-4-8-16(14)20-12-17/h1-8H,9-10,12H2. The van der Waals surface area contributed by atoms with Gasteiger partial charge in [0.1, 0.15) is 12.4 Å². The van der Waals surface area contributed by atoms with E-state index in [1.165, 1.54) is 0 Å². The maximum absolute atomic E-state index is 9.65. The Hall–Kier alpha value is -1.98. The van der Waals surface area contributed by atoms with Gasteiger partial charge in [0.05, 0.1) is 11.5 Å². The second-order valence-corrected chi connectivity index (χ2v) is 5.64. The van der Waals surface area contributed by atoms with Gasteiger partial charge in [0.25, 0.3) is 0 Å². The SMILES string of the molecule is N#CC1(Cc2ccccc2Cl)COc2ccccc2C1. The van der Waals surface area contributed by atoms with Crippen LogP contribution in [0.25, 0.3) is 0 Å². The molecule has 1 atom stereocenters. The molecule has 0 bridgehead atoms. The van der Waals surface area contributed by atoms with Gasteiger partial charge >= 0.3 is 0 Å². The highest BCUT2D eigenvalue weighted by Gasteiger charge is 2.36. The minimum Gasteiger partial charge on any atom is -0.492 e. The molecule has 1 unspecified atom stereocenters. The molecule has 0 aliphatic carbocycles. The molecule has 3 heteroatoms. The quantitative estimate of drug-likeness (QED) is 0.834. The first kappa shape index (κ1) is 13.0. The Morgan fingerprint density at radius 2 is 1.90 bits per heavy atom. The number of hydrogen-bond acceptors (Lipinski definition) is 2. The predicted molar refractivity (Wildman–Crippen MR) is 78.8 cm³/mol. The van der Waals surface area contributed by atoms with Crippen molar-refractivity contribution in [2.45, 2.75) is 12.8 Å². The van der Waals surface area contributed by atoms with Crippen molar-refractivity contribution in [2.75, 3.05) is 6.61 Å². The number of para-hydroxylation sites is 1. The largest absolute Gasteiger partial charge is 0.492 e. The Morgan fingerprint density at radius 1 is 1.15 bits per heavy atom. The average Bonchev–Trinajstić information content (AvgIpc) is 2.49. The highest BCUT2D eigenvalue weighted by molar-refractivity contribution is 6.31. The Morgan fingerprint density at radius 3 is 2.70 bits per heavy atom. The molecule has 0 amide bonds. The van der Waals surface area contributed by atoms with E-state index in [2.05, 4.69) is 6.07 Å². The van der Waals surface area contributed by atoms with Crippen molar-refractivity contribution >= 4 is 11.6 Å². The van der Waals surface area contributed by atoms with Crippen molar-refractivity contribution < 1.29 is 4.74 Å². The third-order valence-corrected chi connectivity index (χ3v) is 4.10. The van der Waals surface area contributed by atoms with Crippen molar-refractivity contribution in [3.63, 3.8) is 0 Å². The van der Waals surface area contributed by atoms with Gasteiger partial charge in [0.15, 0.2) is 0 Å². The summed E-state index contributed by atoms with van der Waals surface area (Å²) in [4.78, 5) is 0. The number of hydrogen-bond donors (Lipinski definition) is 0. The number of halogens is 1. The summed E-state index contributed by atoms with van der Waals surface area (Å²) in [5.74, 6) is 0.887. The van der Waals surface area contributed by atoms with Gasteiger partial charge in [-0.1, -0.05) is 48.0 Å². The minimum atomic E-state index is -0.542. The maximum Gasteiger partial charge on any atom is 0.122 e. The topological polar surface area (TPSA) is 33.0 Å². The van der Waals surface area contributed by atoms with Crippen LogP contribution in [0.1, 0.15) is 11.1 Å². The lowest BCUT2D eigenvalue weighted by Gasteiger charge is -2.32. The van der Waals surface area contributed by atoms with Crippen molar-refractivity contribution in [3.8, 4) is 11.8 Å². The van der Waals surface area contributed by atoms with E-state index in [9.17, 15) is 5.26 Å². The first-order chi connectivity index (χ1) is 9.72. The molecule has 0 aromatic heterocycles. The number of nitrogens with zero attached hydrogens (tertiary/aromatic N) is 1. The molecule has 3 rings (SSSR count). The molecule has 1 aliphatic heterocycles. The summed E-state index contributed by atoms with van der Waals surface area (Å²) in [7, 11) is 0. The summed E-state index contributed by atoms with van der Waals surface area (Å²) in [5.41, 5.74) is 1.55. The molecule has 0 saturated carbocycles. The number of benzene rings is 2. The summed E-state index contributed by atoms with van der Waals surface area (Å²) in [6.07, 6.45) is 1.31. The fourth-order valence-corrected chi connectivity index (χ4v) is 2.86. The van der Waals surface area contributed by atoms with Crippen LogP contribution in [0.3, 0.4) is 0 Å². The Kier molecular flexibility index (Phi) is 3.38. The lowest BCUT2D eigenvalue weighted by Crippen LogP contribution is -2.35. The van der Waals surface area contributed by atoms with E-state index in [1.54, 1.807) is 0 Å². The molecule has 2 nitrogen and oxygen atoms in total. The molecule has 1 heterocycles. The molecule has 0 N–H and O–H groups in total. The highest BCUT2D eigenvalue weighted by atomic mass is 35.5. The molecular formula is C17H14ClNO. The fraction of sp³-hybridized carbons (Fsp3) is 0.235. The molecule has 20 heavy (non-hydrogen) atoms. The van der Waals surface area contributed by atoms with Crippen LogP contribution >= 0.6 is 11.6 Å². The number of fused-ring (bicyclic) bond motifs is 1. The Balaban J connectivity index is 1.91. The zero-order valence-corrected chi connectivity index (χ0v) is 11.7. The van der Waals surface area contributed by atoms with Crippen LogP contribution in [0.15, 0.2) is 48.5 Å². The van der Waals surface area contributed by atoms with Gasteiger partial charge in [0.2, 0.25) is 0 Å². The number of rotatable bonds is 2. The van der Waals surface area contributed by atoms with E-state index in [0.29, 0.717) is 24.5 Å². The van der Waals surface area contributed by atoms with Crippen molar-refractivity contribution in [2.24, 2.45) is 5.41 Å². The van der Waals surface area contributed by atoms with Crippen LogP contribution in [-0.2, 0) is 12.8 Å². The van der Waals surface area contributed by atoms with Crippen LogP contribution in [0.4, 0.5) is 0 Å². The Bertz CT molecular complexity index is 677. The molecule has 1 aliphatic rings. The van der Waals surface area contributed by atoms with E-state index >= 15 is 0 Å². The zero-order valence-electron chi connectivity index (χ0n) is 11.0. The smallest absolute Gasteiger partial charge is 0.122 e. The molecule has 0 fully saturated rings. The van der Waals surface area contributed by atoms with E-state index < -0.39 is 5.41 Å². The molecule has 100 valence electrons. The van der Waals surface area contributed by atoms with E-state index in [0.717, 1.165) is 16.9 Å². The van der Waals surface area contributed by atoms with Crippen LogP contribution < -0.4 is 4.74 Å². The minimum absolute atomic E-state index is 0.408. The van der Waals surface area contributed by atoms with E-state index in [4.69, 9.17) is 16.3 Å². The van der Waals surface area contributed by atoms with Gasteiger partial charge in [-0.05, 0) is 36.1 Å². The van der Waals surface area contributed by atoms with Crippen LogP contribution in [0.5, 0.6) is 5.75 Å². The van der Waals surface area contributed by atoms with Gasteiger partial charge in [-0.3, -0.25) is 0 Å². The molecule has 0 spiro atoms. The lowest BCUT2D eigenvalue weighted by molar-refractivity contribution is 0.169. The summed E-state index contributed by atoms with van der Waals surface area (Å²) >= 11 is 6.21. The molecule has 2 aromatic rings. The van der Waals surface area contributed by atoms with Crippen LogP contribution in [0.2, 0.25) is 5.02 Å².